The molecular formula is C24H38O6. The van der Waals surface area contributed by atoms with Crippen LogP contribution in [-0.2, 0) is 9.59 Å². The van der Waals surface area contributed by atoms with Gasteiger partial charge in [-0.25, -0.2) is 0 Å². The Morgan fingerprint density at radius 3 is 2.53 bits per heavy atom. The minimum atomic E-state index is -1.24. The molecule has 0 amide bonds. The van der Waals surface area contributed by atoms with Gasteiger partial charge in [-0.15, -0.1) is 0 Å². The summed E-state index contributed by atoms with van der Waals surface area (Å²) < 4.78 is 0. The van der Waals surface area contributed by atoms with E-state index in [9.17, 15) is 24.9 Å². The number of carbonyl (C=O) groups excluding carboxylic acids is 1. The van der Waals surface area contributed by atoms with Crippen LogP contribution >= 0.6 is 0 Å². The molecule has 4 fully saturated rings. The molecule has 4 N–H and O–H groups in total. The van der Waals surface area contributed by atoms with Crippen molar-refractivity contribution >= 4 is 11.8 Å². The second kappa shape index (κ2) is 7.28. The Bertz CT molecular complexity index is 722. The van der Waals surface area contributed by atoms with Gasteiger partial charge >= 0.3 is 5.97 Å². The fourth-order valence-corrected chi connectivity index (χ4v) is 8.42. The standard InChI is InChI=1S/C24H38O6/c1-13(4-7-20(28)29)16-5-6-17-21-18(26)11-14-10-15(25)8-9-22(14,2)24(21,30)12-19(27)23(16,17)3/h13-18,21,25-26,30H,4-12H2,1-3H3,(H,28,29)/t13-,14+,15-,16-,17+,18+,21-,22+,23-,24-/m1/s1. The predicted octanol–water partition coefficient (Wildman–Crippen LogP) is 2.77. The van der Waals surface area contributed by atoms with Gasteiger partial charge in [0.15, 0.2) is 0 Å². The number of carboxylic acid groups (broad SMARTS) is 1. The topological polar surface area (TPSA) is 115 Å². The predicted molar refractivity (Wildman–Crippen MR) is 110 cm³/mol. The van der Waals surface area contributed by atoms with Crippen molar-refractivity contribution in [1.82, 2.24) is 0 Å². The van der Waals surface area contributed by atoms with E-state index in [1.54, 1.807) is 0 Å². The van der Waals surface area contributed by atoms with Crippen molar-refractivity contribution < 1.29 is 30.0 Å². The summed E-state index contributed by atoms with van der Waals surface area (Å²) in [7, 11) is 0. The number of hydrogen-bond acceptors (Lipinski definition) is 5. The van der Waals surface area contributed by atoms with E-state index >= 15 is 0 Å². The third-order valence-electron chi connectivity index (χ3n) is 10.2. The summed E-state index contributed by atoms with van der Waals surface area (Å²) in [5.41, 5.74) is -2.33. The lowest BCUT2D eigenvalue weighted by Gasteiger charge is -2.65. The molecule has 0 bridgehead atoms. The highest BCUT2D eigenvalue weighted by Crippen LogP contribution is 2.68. The molecule has 0 aromatic carbocycles. The number of rotatable bonds is 4. The van der Waals surface area contributed by atoms with E-state index in [-0.39, 0.29) is 48.2 Å². The minimum absolute atomic E-state index is 0.0151. The van der Waals surface area contributed by atoms with Gasteiger partial charge in [0.1, 0.15) is 5.78 Å². The summed E-state index contributed by atoms with van der Waals surface area (Å²) in [5, 5.41) is 42.6. The van der Waals surface area contributed by atoms with Crippen LogP contribution in [0.3, 0.4) is 0 Å². The normalized spacial score (nSPS) is 51.6. The van der Waals surface area contributed by atoms with Crippen molar-refractivity contribution in [2.24, 2.45) is 40.4 Å². The number of Topliss-reactive ketones (excluding diaryl/α,β-unsaturated/α-hetero) is 1. The SMILES string of the molecule is C[C@H](CCC(=O)O)[C@H]1CC[C@H]2[C@@H]3[C@@H](O)C[C@@H]4C[C@H](O)CC[C@]4(C)[C@@]3(O)CC(=O)[C@]12C. The fraction of sp³-hybridized carbons (Fsp3) is 0.917. The van der Waals surface area contributed by atoms with Crippen LogP contribution in [0.4, 0.5) is 0 Å². The molecule has 4 aliphatic carbocycles. The molecule has 0 aromatic heterocycles. The van der Waals surface area contributed by atoms with E-state index < -0.39 is 34.6 Å². The second-order valence-electron chi connectivity index (χ2n) is 11.4. The Balaban J connectivity index is 1.67. The van der Waals surface area contributed by atoms with Gasteiger partial charge in [0, 0.05) is 29.6 Å². The van der Waals surface area contributed by atoms with Crippen LogP contribution in [0.15, 0.2) is 0 Å². The molecule has 4 aliphatic rings. The first-order valence-corrected chi connectivity index (χ1v) is 11.8. The molecule has 0 aliphatic heterocycles. The first kappa shape index (κ1) is 22.2. The lowest BCUT2D eigenvalue weighted by molar-refractivity contribution is -0.260. The Hall–Kier alpha value is -0.980. The molecule has 0 saturated heterocycles. The highest BCUT2D eigenvalue weighted by molar-refractivity contribution is 5.88. The molecule has 0 unspecified atom stereocenters. The number of carbonyl (C=O) groups is 2. The van der Waals surface area contributed by atoms with Gasteiger partial charge < -0.3 is 20.4 Å². The van der Waals surface area contributed by atoms with Crippen molar-refractivity contribution in [3.63, 3.8) is 0 Å². The van der Waals surface area contributed by atoms with E-state index in [0.29, 0.717) is 32.1 Å². The van der Waals surface area contributed by atoms with Crippen LogP contribution in [0.2, 0.25) is 0 Å². The molecule has 0 heterocycles. The van der Waals surface area contributed by atoms with Gasteiger partial charge in [-0.3, -0.25) is 9.59 Å². The first-order valence-electron chi connectivity index (χ1n) is 11.8. The number of aliphatic hydroxyl groups is 3. The highest BCUT2D eigenvalue weighted by Gasteiger charge is 2.71. The monoisotopic (exact) mass is 422 g/mol. The average molecular weight is 423 g/mol. The zero-order valence-electron chi connectivity index (χ0n) is 18.5. The van der Waals surface area contributed by atoms with E-state index in [1.165, 1.54) is 0 Å². The lowest BCUT2D eigenvalue weighted by Crippen LogP contribution is -2.71. The third kappa shape index (κ3) is 2.93. The Morgan fingerprint density at radius 2 is 1.87 bits per heavy atom. The van der Waals surface area contributed by atoms with Gasteiger partial charge in [-0.2, -0.15) is 0 Å². The maximum absolute atomic E-state index is 13.7. The van der Waals surface area contributed by atoms with Crippen LogP contribution in [0.25, 0.3) is 0 Å². The van der Waals surface area contributed by atoms with Gasteiger partial charge in [-0.05, 0) is 68.6 Å². The van der Waals surface area contributed by atoms with Gasteiger partial charge in [0.25, 0.3) is 0 Å². The molecule has 0 aromatic rings. The third-order valence-corrected chi connectivity index (χ3v) is 10.2. The summed E-state index contributed by atoms with van der Waals surface area (Å²) in [4.78, 5) is 24.8. The van der Waals surface area contributed by atoms with Crippen molar-refractivity contribution in [3.05, 3.63) is 0 Å². The number of fused-ring (bicyclic) bond motifs is 5. The van der Waals surface area contributed by atoms with E-state index in [2.05, 4.69) is 6.92 Å². The molecule has 6 heteroatoms. The Labute approximate surface area is 179 Å². The molecule has 6 nitrogen and oxygen atoms in total. The van der Waals surface area contributed by atoms with Gasteiger partial charge in [-0.1, -0.05) is 20.8 Å². The quantitative estimate of drug-likeness (QED) is 0.554. The van der Waals surface area contributed by atoms with Crippen molar-refractivity contribution in [2.45, 2.75) is 96.4 Å². The molecule has 4 saturated carbocycles. The van der Waals surface area contributed by atoms with Crippen molar-refractivity contribution in [3.8, 4) is 0 Å². The number of hydrogen-bond donors (Lipinski definition) is 4. The van der Waals surface area contributed by atoms with Crippen LogP contribution < -0.4 is 0 Å². The zero-order chi connectivity index (χ0) is 22.1. The van der Waals surface area contributed by atoms with Crippen LogP contribution in [-0.4, -0.2) is 50.0 Å². The molecular weight excluding hydrogens is 384 g/mol. The average Bonchev–Trinajstić information content (AvgIpc) is 3.00. The molecule has 0 spiro atoms. The Morgan fingerprint density at radius 1 is 1.17 bits per heavy atom. The molecule has 170 valence electrons. The lowest BCUT2D eigenvalue weighted by atomic mass is 9.41. The van der Waals surface area contributed by atoms with Crippen LogP contribution in [0.5, 0.6) is 0 Å². The highest BCUT2D eigenvalue weighted by atomic mass is 16.4. The summed E-state index contributed by atoms with van der Waals surface area (Å²) >= 11 is 0. The summed E-state index contributed by atoms with van der Waals surface area (Å²) in [5.74, 6) is -0.941. The maximum Gasteiger partial charge on any atom is 0.303 e. The smallest absolute Gasteiger partial charge is 0.303 e. The number of carboxylic acids is 1. The first-order chi connectivity index (χ1) is 13.9. The van der Waals surface area contributed by atoms with E-state index in [4.69, 9.17) is 5.11 Å². The van der Waals surface area contributed by atoms with Gasteiger partial charge in [0.05, 0.1) is 17.8 Å². The van der Waals surface area contributed by atoms with Crippen molar-refractivity contribution in [2.75, 3.05) is 0 Å². The summed E-state index contributed by atoms with van der Waals surface area (Å²) in [6, 6.07) is 0. The number of aliphatic carboxylic acids is 1. The summed E-state index contributed by atoms with van der Waals surface area (Å²) in [6.45, 7) is 6.13. The van der Waals surface area contributed by atoms with Crippen LogP contribution in [0, 0.1) is 40.4 Å². The molecule has 30 heavy (non-hydrogen) atoms. The zero-order valence-corrected chi connectivity index (χ0v) is 18.5. The van der Waals surface area contributed by atoms with Crippen LogP contribution in [0.1, 0.15) is 78.6 Å². The van der Waals surface area contributed by atoms with E-state index in [0.717, 1.165) is 12.8 Å². The number of ketones is 1. The van der Waals surface area contributed by atoms with Crippen molar-refractivity contribution in [1.29, 1.82) is 0 Å². The van der Waals surface area contributed by atoms with Gasteiger partial charge in [0.2, 0.25) is 0 Å². The molecule has 4 rings (SSSR count). The number of aliphatic hydroxyl groups excluding tert-OH is 2. The van der Waals surface area contributed by atoms with E-state index in [1.807, 2.05) is 13.8 Å². The second-order valence-corrected chi connectivity index (χ2v) is 11.4. The molecule has 10 atom stereocenters. The molecule has 0 radical (unpaired) electrons. The summed E-state index contributed by atoms with van der Waals surface area (Å²) in [6.07, 6.45) is 3.71. The minimum Gasteiger partial charge on any atom is -0.481 e. The fourth-order valence-electron chi connectivity index (χ4n) is 8.42. The Kier molecular flexibility index (Phi) is 5.39. The largest absolute Gasteiger partial charge is 0.481 e. The maximum atomic E-state index is 13.7.